The number of furan rings is 1. The maximum absolute atomic E-state index is 13.6. The molecule has 2 aromatic heterocycles. The van der Waals surface area contributed by atoms with Gasteiger partial charge in [-0.3, -0.25) is 0 Å². The summed E-state index contributed by atoms with van der Waals surface area (Å²) in [7, 11) is -3.84. The van der Waals surface area contributed by atoms with Crippen LogP contribution in [0.4, 0.5) is 11.6 Å². The number of aromatic nitrogens is 2. The molecule has 1 saturated heterocycles. The largest absolute Gasteiger partial charge is 0.463 e. The summed E-state index contributed by atoms with van der Waals surface area (Å²) in [6.07, 6.45) is 4.47. The average molecular weight is 436 g/mol. The summed E-state index contributed by atoms with van der Waals surface area (Å²) in [5, 5.41) is 0.552. The highest BCUT2D eigenvalue weighted by Crippen LogP contribution is 2.35. The summed E-state index contributed by atoms with van der Waals surface area (Å²) in [5.74, 6) is 0.158. The van der Waals surface area contributed by atoms with Gasteiger partial charge in [0.15, 0.2) is 0 Å². The van der Waals surface area contributed by atoms with Crippen LogP contribution in [0.3, 0.4) is 0 Å². The second-order valence-corrected chi connectivity index (χ2v) is 9.16. The van der Waals surface area contributed by atoms with Crippen molar-refractivity contribution in [1.29, 1.82) is 0 Å². The molecule has 0 saturated carbocycles. The van der Waals surface area contributed by atoms with E-state index in [2.05, 4.69) is 14.9 Å². The van der Waals surface area contributed by atoms with Crippen LogP contribution in [0.25, 0.3) is 22.1 Å². The van der Waals surface area contributed by atoms with E-state index in [1.165, 1.54) is 6.26 Å². The average Bonchev–Trinajstić information content (AvgIpc) is 3.25. The van der Waals surface area contributed by atoms with Crippen LogP contribution >= 0.6 is 0 Å². The van der Waals surface area contributed by atoms with Crippen molar-refractivity contribution < 1.29 is 17.6 Å². The first kappa shape index (κ1) is 19.5. The number of nitrogens with zero attached hydrogens (tertiary/aromatic N) is 3. The first-order valence-electron chi connectivity index (χ1n) is 9.79. The molecule has 1 fully saturated rings. The molecule has 0 aliphatic carbocycles. The van der Waals surface area contributed by atoms with Crippen LogP contribution in [0.5, 0.6) is 0 Å². The SMILES string of the molecule is Nc1ncc(-c2cc(N3CCOCC3)cc(S(=O)(=O)c3coc4ccccc34)c2)cn1. The lowest BCUT2D eigenvalue weighted by molar-refractivity contribution is 0.122. The highest BCUT2D eigenvalue weighted by Gasteiger charge is 2.25. The van der Waals surface area contributed by atoms with E-state index in [0.29, 0.717) is 48.4 Å². The lowest BCUT2D eigenvalue weighted by Gasteiger charge is -2.29. The van der Waals surface area contributed by atoms with Crippen LogP contribution in [0, 0.1) is 0 Å². The van der Waals surface area contributed by atoms with Gasteiger partial charge in [0.25, 0.3) is 0 Å². The van der Waals surface area contributed by atoms with Gasteiger partial charge in [0, 0.05) is 42.1 Å². The predicted octanol–water partition coefficient (Wildman–Crippen LogP) is 3.14. The summed E-state index contributed by atoms with van der Waals surface area (Å²) in [6, 6.07) is 12.4. The van der Waals surface area contributed by atoms with Gasteiger partial charge in [-0.1, -0.05) is 12.1 Å². The van der Waals surface area contributed by atoms with E-state index in [4.69, 9.17) is 14.9 Å². The molecule has 9 heteroatoms. The number of rotatable bonds is 4. The summed E-state index contributed by atoms with van der Waals surface area (Å²) in [6.45, 7) is 2.53. The van der Waals surface area contributed by atoms with Gasteiger partial charge in [-0.25, -0.2) is 18.4 Å². The lowest BCUT2D eigenvalue weighted by Crippen LogP contribution is -2.36. The fraction of sp³-hybridized carbons (Fsp3) is 0.182. The van der Waals surface area contributed by atoms with Crippen molar-refractivity contribution in [3.05, 3.63) is 61.1 Å². The van der Waals surface area contributed by atoms with E-state index >= 15 is 0 Å². The zero-order chi connectivity index (χ0) is 21.4. The van der Waals surface area contributed by atoms with Crippen molar-refractivity contribution in [3.8, 4) is 11.1 Å². The quantitative estimate of drug-likeness (QED) is 0.519. The Morgan fingerprint density at radius 1 is 0.968 bits per heavy atom. The van der Waals surface area contributed by atoms with Crippen LogP contribution in [0.2, 0.25) is 0 Å². The second kappa shape index (κ2) is 7.68. The van der Waals surface area contributed by atoms with Gasteiger partial charge in [0.05, 0.1) is 18.1 Å². The Bertz CT molecular complexity index is 1340. The third-order valence-electron chi connectivity index (χ3n) is 5.32. The summed E-state index contributed by atoms with van der Waals surface area (Å²) >= 11 is 0. The smallest absolute Gasteiger partial charge is 0.219 e. The Kier molecular flexibility index (Phi) is 4.84. The molecule has 31 heavy (non-hydrogen) atoms. The molecule has 158 valence electrons. The zero-order valence-corrected chi connectivity index (χ0v) is 17.4. The van der Waals surface area contributed by atoms with Crippen LogP contribution in [0.1, 0.15) is 0 Å². The predicted molar refractivity (Wildman–Crippen MR) is 117 cm³/mol. The molecule has 5 rings (SSSR count). The fourth-order valence-corrected chi connectivity index (χ4v) is 5.13. The standard InChI is InChI=1S/C22H20N4O4S/c23-22-24-12-16(13-25-22)15-9-17(26-5-7-29-8-6-26)11-18(10-15)31(27,28)21-14-30-20-4-2-1-3-19(20)21/h1-4,9-14H,5-8H2,(H2,23,24,25). The highest BCUT2D eigenvalue weighted by molar-refractivity contribution is 7.91. The van der Waals surface area contributed by atoms with Crippen LogP contribution < -0.4 is 10.6 Å². The summed E-state index contributed by atoms with van der Waals surface area (Å²) in [5.41, 5.74) is 8.31. The lowest BCUT2D eigenvalue weighted by atomic mass is 10.1. The molecule has 0 atom stereocenters. The number of nitrogen functional groups attached to an aromatic ring is 1. The van der Waals surface area contributed by atoms with Crippen molar-refractivity contribution >= 4 is 32.4 Å². The molecule has 2 N–H and O–H groups in total. The highest BCUT2D eigenvalue weighted by atomic mass is 32.2. The minimum Gasteiger partial charge on any atom is -0.463 e. The monoisotopic (exact) mass is 436 g/mol. The molecule has 0 spiro atoms. The molecule has 0 unspecified atom stereocenters. The maximum Gasteiger partial charge on any atom is 0.219 e. The van der Waals surface area contributed by atoms with Crippen molar-refractivity contribution in [1.82, 2.24) is 9.97 Å². The number of benzene rings is 2. The second-order valence-electron chi connectivity index (χ2n) is 7.24. The number of nitrogens with two attached hydrogens (primary N) is 1. The number of ether oxygens (including phenoxy) is 1. The van der Waals surface area contributed by atoms with E-state index in [1.807, 2.05) is 6.07 Å². The Balaban J connectivity index is 1.68. The van der Waals surface area contributed by atoms with Gasteiger partial charge in [-0.15, -0.1) is 0 Å². The molecule has 0 radical (unpaired) electrons. The molecule has 1 aliphatic rings. The van der Waals surface area contributed by atoms with E-state index in [-0.39, 0.29) is 15.7 Å². The van der Waals surface area contributed by atoms with Gasteiger partial charge < -0.3 is 19.8 Å². The van der Waals surface area contributed by atoms with Crippen molar-refractivity contribution in [2.75, 3.05) is 36.9 Å². The first-order chi connectivity index (χ1) is 15.0. The van der Waals surface area contributed by atoms with E-state index < -0.39 is 9.84 Å². The molecule has 2 aromatic carbocycles. The number of sulfone groups is 1. The van der Waals surface area contributed by atoms with Gasteiger partial charge >= 0.3 is 0 Å². The van der Waals surface area contributed by atoms with Gasteiger partial charge in [0.2, 0.25) is 15.8 Å². The number of anilines is 2. The minimum atomic E-state index is -3.84. The molecule has 0 bridgehead atoms. The van der Waals surface area contributed by atoms with Gasteiger partial charge in [0.1, 0.15) is 16.7 Å². The first-order valence-corrected chi connectivity index (χ1v) is 11.3. The molecule has 1 aliphatic heterocycles. The minimum absolute atomic E-state index is 0.140. The third kappa shape index (κ3) is 3.62. The van der Waals surface area contributed by atoms with E-state index in [0.717, 1.165) is 5.69 Å². The van der Waals surface area contributed by atoms with Gasteiger partial charge in [-0.2, -0.15) is 0 Å². The maximum atomic E-state index is 13.6. The van der Waals surface area contributed by atoms with Crippen molar-refractivity contribution in [3.63, 3.8) is 0 Å². The molecular weight excluding hydrogens is 416 g/mol. The molecule has 4 aromatic rings. The van der Waals surface area contributed by atoms with Crippen molar-refractivity contribution in [2.24, 2.45) is 0 Å². The fourth-order valence-electron chi connectivity index (χ4n) is 3.68. The third-order valence-corrected chi connectivity index (χ3v) is 7.07. The topological polar surface area (TPSA) is 112 Å². The summed E-state index contributed by atoms with van der Waals surface area (Å²) in [4.78, 5) is 10.5. The van der Waals surface area contributed by atoms with Crippen LogP contribution in [0.15, 0.2) is 75.3 Å². The Labute approximate surface area is 179 Å². The Morgan fingerprint density at radius 3 is 2.48 bits per heavy atom. The Morgan fingerprint density at radius 2 is 1.71 bits per heavy atom. The van der Waals surface area contributed by atoms with Gasteiger partial charge in [-0.05, 0) is 35.9 Å². The molecule has 0 amide bonds. The molecular formula is C22H20N4O4S. The molecule has 8 nitrogen and oxygen atoms in total. The van der Waals surface area contributed by atoms with E-state index in [9.17, 15) is 8.42 Å². The number of hydrogen-bond acceptors (Lipinski definition) is 8. The van der Waals surface area contributed by atoms with Crippen LogP contribution in [-0.4, -0.2) is 44.7 Å². The zero-order valence-electron chi connectivity index (χ0n) is 16.6. The van der Waals surface area contributed by atoms with Crippen LogP contribution in [-0.2, 0) is 14.6 Å². The normalized spacial score (nSPS) is 14.8. The van der Waals surface area contributed by atoms with Crippen molar-refractivity contribution in [2.45, 2.75) is 9.79 Å². The van der Waals surface area contributed by atoms with E-state index in [1.54, 1.807) is 48.8 Å². The number of fused-ring (bicyclic) bond motifs is 1. The number of para-hydroxylation sites is 1. The number of hydrogen-bond donors (Lipinski definition) is 1. The summed E-state index contributed by atoms with van der Waals surface area (Å²) < 4.78 is 38.2. The number of morpholine rings is 1. The Hall–Kier alpha value is -3.43. The molecule has 3 heterocycles.